The largest absolute Gasteiger partial charge is 0.478 e. The fourth-order valence-corrected chi connectivity index (χ4v) is 5.37. The first-order valence-electron chi connectivity index (χ1n) is 13.6. The fraction of sp³-hybridized carbons (Fsp3) is 0.323. The number of carbonyl (C=O) groups is 3. The maximum absolute atomic E-state index is 12.1. The second-order valence-electron chi connectivity index (χ2n) is 9.90. The van der Waals surface area contributed by atoms with E-state index in [1.165, 1.54) is 0 Å². The van der Waals surface area contributed by atoms with Crippen LogP contribution in [0.2, 0.25) is 0 Å². The highest BCUT2D eigenvalue weighted by Crippen LogP contribution is 2.39. The molecule has 3 aromatic rings. The van der Waals surface area contributed by atoms with Crippen molar-refractivity contribution >= 4 is 29.5 Å². The topological polar surface area (TPSA) is 154 Å². The van der Waals surface area contributed by atoms with Crippen LogP contribution < -0.4 is 10.8 Å². The second kappa shape index (κ2) is 15.5. The standard InChI is InChI=1S/C31H34N2O8S/c34-18-21-6-8-22(9-7-21)27-16-25(19-42-26-14-12-23(13-15-26)30(37)38)40-31(41-27)24-10-4-20(5-11-24)17-32-28(35)2-1-3-29(36)33-39/h4-15,25,27,31,34,39H,1-3,16-19H2,(H,32,35)(H,33,36)(H,37,38). The molecule has 0 aliphatic carbocycles. The van der Waals surface area contributed by atoms with Gasteiger partial charge in [-0.3, -0.25) is 14.8 Å². The number of amides is 2. The summed E-state index contributed by atoms with van der Waals surface area (Å²) in [6, 6.07) is 22.0. The van der Waals surface area contributed by atoms with Crippen molar-refractivity contribution in [3.05, 3.63) is 101 Å². The second-order valence-corrected chi connectivity index (χ2v) is 11.0. The summed E-state index contributed by atoms with van der Waals surface area (Å²) < 4.78 is 12.8. The zero-order valence-corrected chi connectivity index (χ0v) is 23.7. The molecule has 5 N–H and O–H groups in total. The molecule has 0 spiro atoms. The molecule has 0 radical (unpaired) electrons. The number of aliphatic hydroxyl groups is 1. The van der Waals surface area contributed by atoms with Crippen LogP contribution in [0.25, 0.3) is 0 Å². The van der Waals surface area contributed by atoms with E-state index in [1.807, 2.05) is 48.5 Å². The van der Waals surface area contributed by atoms with Gasteiger partial charge in [0.1, 0.15) is 0 Å². The molecule has 0 saturated carbocycles. The van der Waals surface area contributed by atoms with Crippen LogP contribution in [0.4, 0.5) is 0 Å². The van der Waals surface area contributed by atoms with Crippen LogP contribution >= 0.6 is 11.8 Å². The van der Waals surface area contributed by atoms with E-state index >= 15 is 0 Å². The van der Waals surface area contributed by atoms with Crippen molar-refractivity contribution in [3.8, 4) is 0 Å². The van der Waals surface area contributed by atoms with E-state index < -0.39 is 18.2 Å². The summed E-state index contributed by atoms with van der Waals surface area (Å²) in [4.78, 5) is 35.3. The van der Waals surface area contributed by atoms with Crippen LogP contribution in [-0.4, -0.2) is 45.1 Å². The van der Waals surface area contributed by atoms with Crippen molar-refractivity contribution in [2.24, 2.45) is 0 Å². The number of ether oxygens (including phenoxy) is 2. The Hall–Kier alpha value is -3.74. The van der Waals surface area contributed by atoms with Gasteiger partial charge in [-0.25, -0.2) is 10.3 Å². The molecule has 0 bridgehead atoms. The van der Waals surface area contributed by atoms with Crippen LogP contribution in [0, 0.1) is 0 Å². The first kappa shape index (κ1) is 31.2. The molecule has 4 rings (SSSR count). The zero-order chi connectivity index (χ0) is 29.9. The van der Waals surface area contributed by atoms with Gasteiger partial charge in [-0.05, 0) is 47.4 Å². The van der Waals surface area contributed by atoms with Gasteiger partial charge in [0.15, 0.2) is 6.29 Å². The Labute approximate surface area is 248 Å². The quantitative estimate of drug-likeness (QED) is 0.109. The number of carbonyl (C=O) groups excluding carboxylic acids is 2. The van der Waals surface area contributed by atoms with E-state index in [9.17, 15) is 19.5 Å². The van der Waals surface area contributed by atoms with Crippen molar-refractivity contribution in [2.45, 2.75) is 62.2 Å². The Balaban J connectivity index is 1.39. The molecule has 1 saturated heterocycles. The van der Waals surface area contributed by atoms with Crippen molar-refractivity contribution in [1.29, 1.82) is 0 Å². The van der Waals surface area contributed by atoms with Crippen molar-refractivity contribution in [3.63, 3.8) is 0 Å². The van der Waals surface area contributed by atoms with Crippen LogP contribution in [-0.2, 0) is 32.2 Å². The van der Waals surface area contributed by atoms with Crippen LogP contribution in [0.3, 0.4) is 0 Å². The Morgan fingerprint density at radius 3 is 2.12 bits per heavy atom. The van der Waals surface area contributed by atoms with Crippen LogP contribution in [0.5, 0.6) is 0 Å². The van der Waals surface area contributed by atoms with Gasteiger partial charge in [-0.2, -0.15) is 0 Å². The molecule has 10 nitrogen and oxygen atoms in total. The van der Waals surface area contributed by atoms with Gasteiger partial charge in [0.2, 0.25) is 11.8 Å². The number of hydrogen-bond acceptors (Lipinski definition) is 8. The summed E-state index contributed by atoms with van der Waals surface area (Å²) >= 11 is 1.59. The van der Waals surface area contributed by atoms with Crippen LogP contribution in [0.15, 0.2) is 77.7 Å². The lowest BCUT2D eigenvalue weighted by atomic mass is 10.0. The molecule has 11 heteroatoms. The van der Waals surface area contributed by atoms with Gasteiger partial charge in [0.25, 0.3) is 0 Å². The summed E-state index contributed by atoms with van der Waals surface area (Å²) in [5, 5.41) is 29.9. The predicted octanol–water partition coefficient (Wildman–Crippen LogP) is 4.51. The average Bonchev–Trinajstić information content (AvgIpc) is 3.03. The van der Waals surface area contributed by atoms with Gasteiger partial charge >= 0.3 is 5.97 Å². The van der Waals surface area contributed by atoms with E-state index in [0.29, 0.717) is 25.1 Å². The lowest BCUT2D eigenvalue weighted by Crippen LogP contribution is -2.31. The summed E-state index contributed by atoms with van der Waals surface area (Å²) in [6.07, 6.45) is 0.208. The average molecular weight is 595 g/mol. The summed E-state index contributed by atoms with van der Waals surface area (Å²) in [5.74, 6) is -1.03. The number of rotatable bonds is 13. The molecule has 222 valence electrons. The van der Waals surface area contributed by atoms with E-state index in [4.69, 9.17) is 19.8 Å². The molecule has 1 fully saturated rings. The highest BCUT2D eigenvalue weighted by molar-refractivity contribution is 7.99. The van der Waals surface area contributed by atoms with Crippen LogP contribution in [0.1, 0.15) is 70.7 Å². The third kappa shape index (κ3) is 9.13. The van der Waals surface area contributed by atoms with E-state index in [0.717, 1.165) is 27.1 Å². The summed E-state index contributed by atoms with van der Waals surface area (Å²) in [7, 11) is 0. The molecule has 1 aliphatic heterocycles. The Bertz CT molecular complexity index is 1330. The molecule has 3 atom stereocenters. The van der Waals surface area contributed by atoms with E-state index in [2.05, 4.69) is 5.32 Å². The zero-order valence-electron chi connectivity index (χ0n) is 22.9. The van der Waals surface area contributed by atoms with Gasteiger partial charge < -0.3 is 25.0 Å². The number of carboxylic acid groups (broad SMARTS) is 1. The molecule has 3 unspecified atom stereocenters. The Morgan fingerprint density at radius 2 is 1.48 bits per heavy atom. The Morgan fingerprint density at radius 1 is 0.833 bits per heavy atom. The van der Waals surface area contributed by atoms with E-state index in [1.54, 1.807) is 41.5 Å². The smallest absolute Gasteiger partial charge is 0.335 e. The normalized spacial score (nSPS) is 18.3. The molecule has 0 aromatic heterocycles. The van der Waals surface area contributed by atoms with Gasteiger partial charge in [0, 0.05) is 42.0 Å². The minimum Gasteiger partial charge on any atom is -0.478 e. The maximum atomic E-state index is 12.1. The van der Waals surface area contributed by atoms with Gasteiger partial charge in [0.05, 0.1) is 24.4 Å². The van der Waals surface area contributed by atoms with Gasteiger partial charge in [-0.15, -0.1) is 11.8 Å². The van der Waals surface area contributed by atoms with Crippen molar-refractivity contribution in [2.75, 3.05) is 5.75 Å². The number of hydrogen-bond donors (Lipinski definition) is 5. The molecule has 2 amide bonds. The summed E-state index contributed by atoms with van der Waals surface area (Å²) in [5.41, 5.74) is 5.31. The monoisotopic (exact) mass is 594 g/mol. The number of benzene rings is 3. The first-order valence-corrected chi connectivity index (χ1v) is 14.6. The number of aromatic carboxylic acids is 1. The molecule has 1 aliphatic rings. The van der Waals surface area contributed by atoms with E-state index in [-0.39, 0.29) is 43.1 Å². The van der Waals surface area contributed by atoms with Crippen molar-refractivity contribution in [1.82, 2.24) is 10.8 Å². The minimum atomic E-state index is -0.963. The number of nitrogens with one attached hydrogen (secondary N) is 2. The maximum Gasteiger partial charge on any atom is 0.335 e. The number of hydroxylamine groups is 1. The Kier molecular flexibility index (Phi) is 11.5. The third-order valence-electron chi connectivity index (χ3n) is 6.83. The lowest BCUT2D eigenvalue weighted by molar-refractivity contribution is -0.245. The predicted molar refractivity (Wildman–Crippen MR) is 155 cm³/mol. The molecular weight excluding hydrogens is 560 g/mol. The first-order chi connectivity index (χ1) is 20.3. The number of thioether (sulfide) groups is 1. The minimum absolute atomic E-state index is 0.0366. The molecule has 3 aromatic carbocycles. The highest BCUT2D eigenvalue weighted by Gasteiger charge is 2.32. The summed E-state index contributed by atoms with van der Waals surface area (Å²) in [6.45, 7) is 0.294. The van der Waals surface area contributed by atoms with Crippen molar-refractivity contribution < 1.29 is 39.3 Å². The highest BCUT2D eigenvalue weighted by atomic mass is 32.2. The SMILES string of the molecule is O=C(CCCC(=O)NCc1ccc(C2OC(CSc3ccc(C(=O)O)cc3)CC(c3ccc(CO)cc3)O2)cc1)NO. The molecule has 1 heterocycles. The third-order valence-corrected chi connectivity index (χ3v) is 7.97. The fourth-order valence-electron chi connectivity index (χ4n) is 4.45. The lowest BCUT2D eigenvalue weighted by Gasteiger charge is -2.36. The molecule has 42 heavy (non-hydrogen) atoms. The van der Waals surface area contributed by atoms with Gasteiger partial charge in [-0.1, -0.05) is 48.5 Å². The number of carboxylic acids is 1. The molecular formula is C31H34N2O8S. The number of aliphatic hydroxyl groups excluding tert-OH is 1.